The van der Waals surface area contributed by atoms with Gasteiger partial charge in [-0.1, -0.05) is 70.5 Å². The summed E-state index contributed by atoms with van der Waals surface area (Å²) in [6, 6.07) is 9.84. The summed E-state index contributed by atoms with van der Waals surface area (Å²) in [5.74, 6) is 0.286. The number of benzene rings is 1. The highest BCUT2D eigenvalue weighted by molar-refractivity contribution is 6.74. The molecule has 1 aromatic rings. The van der Waals surface area contributed by atoms with Gasteiger partial charge in [-0.2, -0.15) is 13.2 Å². The number of aryl methyl sites for hydroxylation is 1. The zero-order valence-corrected chi connectivity index (χ0v) is 19.0. The van der Waals surface area contributed by atoms with E-state index < -0.39 is 20.5 Å². The Bertz CT molecular complexity index is 549. The average molecular weight is 404 g/mol. The Labute approximate surface area is 164 Å². The maximum absolute atomic E-state index is 12.2. The molecule has 0 saturated heterocycles. The summed E-state index contributed by atoms with van der Waals surface area (Å²) in [4.78, 5) is 3.67. The Morgan fingerprint density at radius 2 is 1.59 bits per heavy atom. The molecule has 0 aliphatic carbocycles. The van der Waals surface area contributed by atoms with E-state index >= 15 is 0 Å². The summed E-state index contributed by atoms with van der Waals surface area (Å²) in [7, 11) is -1.95. The summed E-state index contributed by atoms with van der Waals surface area (Å²) < 4.78 is 42.7. The SMILES string of the molecule is CC(C)C[C@@H](CO[Si](C)(C)C(C)(C)C)N=CC(F)(F)F.Cc1ccccc1. The fourth-order valence-corrected chi connectivity index (χ4v) is 3.00. The van der Waals surface area contributed by atoms with E-state index in [-0.39, 0.29) is 23.8 Å². The van der Waals surface area contributed by atoms with Gasteiger partial charge in [-0.3, -0.25) is 4.99 Å². The summed E-state index contributed by atoms with van der Waals surface area (Å²) >= 11 is 0. The minimum absolute atomic E-state index is 0.0448. The molecule has 0 aromatic heterocycles. The first-order valence-corrected chi connectivity index (χ1v) is 12.3. The van der Waals surface area contributed by atoms with E-state index in [1.165, 1.54) is 5.56 Å². The molecule has 0 amide bonds. The summed E-state index contributed by atoms with van der Waals surface area (Å²) in [6.45, 7) is 16.8. The number of aliphatic imine (C=N–C) groups is 1. The van der Waals surface area contributed by atoms with Crippen molar-refractivity contribution in [1.29, 1.82) is 0 Å². The molecule has 0 radical (unpaired) electrons. The van der Waals surface area contributed by atoms with Gasteiger partial charge < -0.3 is 4.43 Å². The van der Waals surface area contributed by atoms with Crippen LogP contribution in [0.5, 0.6) is 0 Å². The van der Waals surface area contributed by atoms with Crippen LogP contribution in [0.15, 0.2) is 35.3 Å². The molecule has 0 heterocycles. The van der Waals surface area contributed by atoms with Crippen molar-refractivity contribution in [3.05, 3.63) is 35.9 Å². The predicted octanol–water partition coefficient (Wildman–Crippen LogP) is 7.05. The fraction of sp³-hybridized carbons (Fsp3) is 0.667. The van der Waals surface area contributed by atoms with Crippen molar-refractivity contribution in [3.63, 3.8) is 0 Å². The largest absolute Gasteiger partial charge is 0.426 e. The second kappa shape index (κ2) is 11.0. The van der Waals surface area contributed by atoms with Crippen LogP contribution in [0.2, 0.25) is 18.1 Å². The fourth-order valence-electron chi connectivity index (χ4n) is 1.96. The maximum Gasteiger partial charge on any atom is 0.426 e. The highest BCUT2D eigenvalue weighted by atomic mass is 28.4. The lowest BCUT2D eigenvalue weighted by molar-refractivity contribution is -0.0540. The molecule has 27 heavy (non-hydrogen) atoms. The van der Waals surface area contributed by atoms with Crippen molar-refractivity contribution in [2.45, 2.75) is 78.3 Å². The van der Waals surface area contributed by atoms with Crippen molar-refractivity contribution in [2.75, 3.05) is 6.61 Å². The molecule has 0 unspecified atom stereocenters. The van der Waals surface area contributed by atoms with Gasteiger partial charge in [-0.05, 0) is 37.4 Å². The van der Waals surface area contributed by atoms with Crippen LogP contribution < -0.4 is 0 Å². The van der Waals surface area contributed by atoms with E-state index in [1.54, 1.807) is 0 Å². The molecule has 1 atom stereocenters. The molecular formula is C21H36F3NOSi. The van der Waals surface area contributed by atoms with Crippen LogP contribution in [-0.2, 0) is 4.43 Å². The molecule has 0 fully saturated rings. The quantitative estimate of drug-likeness (QED) is 0.368. The van der Waals surface area contributed by atoms with Gasteiger partial charge in [-0.15, -0.1) is 0 Å². The van der Waals surface area contributed by atoms with Crippen LogP contribution >= 0.6 is 0 Å². The van der Waals surface area contributed by atoms with Crippen LogP contribution in [0, 0.1) is 12.8 Å². The molecule has 0 aliphatic heterocycles. The van der Waals surface area contributed by atoms with E-state index in [1.807, 2.05) is 32.0 Å². The Hall–Kier alpha value is -1.14. The van der Waals surface area contributed by atoms with E-state index in [4.69, 9.17) is 4.43 Å². The van der Waals surface area contributed by atoms with Gasteiger partial charge >= 0.3 is 6.18 Å². The molecule has 0 saturated carbocycles. The predicted molar refractivity (Wildman–Crippen MR) is 112 cm³/mol. The monoisotopic (exact) mass is 403 g/mol. The first kappa shape index (κ1) is 25.9. The number of nitrogens with zero attached hydrogens (tertiary/aromatic N) is 1. The zero-order valence-electron chi connectivity index (χ0n) is 18.0. The molecule has 0 bridgehead atoms. The van der Waals surface area contributed by atoms with Crippen molar-refractivity contribution in [1.82, 2.24) is 0 Å². The van der Waals surface area contributed by atoms with Gasteiger partial charge in [0.25, 0.3) is 0 Å². The topological polar surface area (TPSA) is 21.6 Å². The zero-order chi connectivity index (χ0) is 21.3. The first-order chi connectivity index (χ1) is 12.1. The minimum atomic E-state index is -4.35. The van der Waals surface area contributed by atoms with Crippen LogP contribution in [0.3, 0.4) is 0 Å². The van der Waals surface area contributed by atoms with Crippen LogP contribution in [0.1, 0.15) is 46.6 Å². The van der Waals surface area contributed by atoms with Gasteiger partial charge in [-0.25, -0.2) is 0 Å². The van der Waals surface area contributed by atoms with E-state index in [9.17, 15) is 13.2 Å². The summed E-state index contributed by atoms with van der Waals surface area (Å²) in [6.07, 6.45) is -3.66. The maximum atomic E-state index is 12.2. The Morgan fingerprint density at radius 3 is 1.93 bits per heavy atom. The molecule has 6 heteroatoms. The van der Waals surface area contributed by atoms with Crippen molar-refractivity contribution in [2.24, 2.45) is 10.9 Å². The van der Waals surface area contributed by atoms with Crippen molar-refractivity contribution < 1.29 is 17.6 Å². The molecule has 2 nitrogen and oxygen atoms in total. The van der Waals surface area contributed by atoms with Crippen LogP contribution in [0.25, 0.3) is 0 Å². The number of hydrogen-bond donors (Lipinski definition) is 0. The molecule has 0 aliphatic rings. The third kappa shape index (κ3) is 12.8. The smallest absolute Gasteiger partial charge is 0.415 e. The molecular weight excluding hydrogens is 367 g/mol. The van der Waals surface area contributed by atoms with Crippen LogP contribution in [0.4, 0.5) is 13.2 Å². The molecule has 156 valence electrons. The number of hydrogen-bond acceptors (Lipinski definition) is 2. The lowest BCUT2D eigenvalue weighted by atomic mass is 10.1. The highest BCUT2D eigenvalue weighted by Gasteiger charge is 2.37. The Morgan fingerprint density at radius 1 is 1.07 bits per heavy atom. The third-order valence-electron chi connectivity index (χ3n) is 4.56. The Balaban J connectivity index is 0.000000797. The van der Waals surface area contributed by atoms with Gasteiger partial charge in [0.05, 0.1) is 12.6 Å². The number of alkyl halides is 3. The van der Waals surface area contributed by atoms with Gasteiger partial charge in [0.1, 0.15) is 6.21 Å². The normalized spacial score (nSPS) is 14.2. The van der Waals surface area contributed by atoms with Gasteiger partial charge in [0.15, 0.2) is 8.32 Å². The van der Waals surface area contributed by atoms with Crippen molar-refractivity contribution in [3.8, 4) is 0 Å². The average Bonchev–Trinajstić information content (AvgIpc) is 2.49. The Kier molecular flexibility index (Phi) is 10.5. The lowest BCUT2D eigenvalue weighted by Crippen LogP contribution is -2.42. The molecule has 1 rings (SSSR count). The third-order valence-corrected chi connectivity index (χ3v) is 9.06. The van der Waals surface area contributed by atoms with Crippen LogP contribution in [-0.4, -0.2) is 33.4 Å². The highest BCUT2D eigenvalue weighted by Crippen LogP contribution is 2.36. The summed E-state index contributed by atoms with van der Waals surface area (Å²) in [5, 5.41) is 0.0448. The van der Waals surface area contributed by atoms with Gasteiger partial charge in [0.2, 0.25) is 0 Å². The standard InChI is InChI=1S/C14H28F3NOSi.C7H8/c1-11(2)8-12(18-10-14(15,16)17)9-19-20(6,7)13(3,4)5;1-7-5-3-2-4-6-7/h10-12H,8-9H2,1-7H3;2-6H,1H3/t12-;/m0./s1. The first-order valence-electron chi connectivity index (χ1n) is 9.40. The number of rotatable bonds is 6. The molecule has 1 aromatic carbocycles. The van der Waals surface area contributed by atoms with Gasteiger partial charge in [0, 0.05) is 0 Å². The second-order valence-corrected chi connectivity index (χ2v) is 13.6. The van der Waals surface area contributed by atoms with E-state index in [0.717, 1.165) is 0 Å². The lowest BCUT2D eigenvalue weighted by Gasteiger charge is -2.37. The van der Waals surface area contributed by atoms with E-state index in [2.05, 4.69) is 57.9 Å². The molecule has 0 spiro atoms. The minimum Gasteiger partial charge on any atom is -0.415 e. The summed E-state index contributed by atoms with van der Waals surface area (Å²) in [5.41, 5.74) is 1.32. The molecule has 0 N–H and O–H groups in total. The van der Waals surface area contributed by atoms with E-state index in [0.29, 0.717) is 6.42 Å². The second-order valence-electron chi connectivity index (χ2n) is 8.83. The van der Waals surface area contributed by atoms with Crippen molar-refractivity contribution >= 4 is 14.5 Å². The number of halogens is 3.